The maximum Gasteiger partial charge on any atom is 0.317 e. The lowest BCUT2D eigenvalue weighted by molar-refractivity contribution is -0.141. The number of carbonyl (C=O) groups is 3. The third-order valence-corrected chi connectivity index (χ3v) is 7.02. The average Bonchev–Trinajstić information content (AvgIpc) is 3.45. The Hall–Kier alpha value is -1.95. The molecule has 34 heavy (non-hydrogen) atoms. The molecule has 0 radical (unpaired) electrons. The van der Waals surface area contributed by atoms with E-state index in [9.17, 15) is 14.4 Å². The first-order valence-corrected chi connectivity index (χ1v) is 12.0. The summed E-state index contributed by atoms with van der Waals surface area (Å²) in [6.45, 7) is 0.410. The number of nitrogens with zero attached hydrogens (tertiary/aromatic N) is 2. The number of likely N-dealkylation sites (tertiary alicyclic amines) is 1. The van der Waals surface area contributed by atoms with Gasteiger partial charge in [0.25, 0.3) is 0 Å². The van der Waals surface area contributed by atoms with Gasteiger partial charge in [-0.25, -0.2) is 4.98 Å². The van der Waals surface area contributed by atoms with E-state index in [4.69, 9.17) is 16.2 Å². The molecular weight excluding hydrogens is 503 g/mol. The molecule has 3 rings (SSSR count). The van der Waals surface area contributed by atoms with E-state index in [-0.39, 0.29) is 55.6 Å². The van der Waals surface area contributed by atoms with Crippen molar-refractivity contribution in [2.45, 2.75) is 70.0 Å². The van der Waals surface area contributed by atoms with E-state index in [1.54, 1.807) is 10.3 Å². The zero-order chi connectivity index (χ0) is 23.1. The van der Waals surface area contributed by atoms with Crippen LogP contribution >= 0.6 is 36.2 Å². The van der Waals surface area contributed by atoms with Gasteiger partial charge < -0.3 is 21.1 Å². The highest BCUT2D eigenvalue weighted by molar-refractivity contribution is 7.09. The van der Waals surface area contributed by atoms with Gasteiger partial charge in [0.05, 0.1) is 19.1 Å². The van der Waals surface area contributed by atoms with E-state index in [1.807, 2.05) is 0 Å². The van der Waals surface area contributed by atoms with Crippen molar-refractivity contribution in [1.29, 1.82) is 5.41 Å². The first-order valence-electron chi connectivity index (χ1n) is 11.2. The van der Waals surface area contributed by atoms with Crippen LogP contribution in [0.15, 0.2) is 5.38 Å². The molecule has 0 unspecified atom stereocenters. The number of carboxylic acids is 1. The highest BCUT2D eigenvalue weighted by Crippen LogP contribution is 2.29. The molecule has 1 aromatic rings. The third kappa shape index (κ3) is 8.37. The van der Waals surface area contributed by atoms with Crippen molar-refractivity contribution in [3.05, 3.63) is 16.1 Å². The van der Waals surface area contributed by atoms with Crippen molar-refractivity contribution >= 4 is 59.8 Å². The monoisotopic (exact) mass is 536 g/mol. The predicted octanol–water partition coefficient (Wildman–Crippen LogP) is 1.89. The number of thiazole rings is 1. The number of hydrogen-bond acceptors (Lipinski definition) is 7. The molecule has 0 bridgehead atoms. The summed E-state index contributed by atoms with van der Waals surface area (Å²) >= 11 is 1.31. The van der Waals surface area contributed by atoms with E-state index in [0.717, 1.165) is 32.1 Å². The van der Waals surface area contributed by atoms with Crippen molar-refractivity contribution < 1.29 is 19.5 Å². The summed E-state index contributed by atoms with van der Waals surface area (Å²) in [5, 5.41) is 24.6. The van der Waals surface area contributed by atoms with Crippen LogP contribution < -0.4 is 16.4 Å². The highest BCUT2D eigenvalue weighted by atomic mass is 35.5. The zero-order valence-corrected chi connectivity index (χ0v) is 21.4. The summed E-state index contributed by atoms with van der Waals surface area (Å²) in [6, 6.07) is -1.17. The molecule has 2 atom stereocenters. The van der Waals surface area contributed by atoms with Crippen LogP contribution in [0.2, 0.25) is 0 Å². The lowest BCUT2D eigenvalue weighted by Gasteiger charge is -2.31. The van der Waals surface area contributed by atoms with Gasteiger partial charge >= 0.3 is 5.97 Å². The van der Waals surface area contributed by atoms with Gasteiger partial charge in [0.2, 0.25) is 11.8 Å². The quantitative estimate of drug-likeness (QED) is 0.225. The molecular formula is C21H34Cl2N6O4S. The Balaban J connectivity index is 0.00000289. The molecule has 2 amide bonds. The van der Waals surface area contributed by atoms with E-state index in [1.165, 1.54) is 17.8 Å². The predicted molar refractivity (Wildman–Crippen MR) is 135 cm³/mol. The smallest absolute Gasteiger partial charge is 0.317 e. The number of amides is 2. The SMILES string of the molecule is Cl.Cl.N=C(N)c1csc(CNC(=O)[C@@H]2CCCN2C(=O)[C@@H](CC2CCCCC2)NCC(=O)O)n1. The van der Waals surface area contributed by atoms with Crippen molar-refractivity contribution in [1.82, 2.24) is 20.5 Å². The number of halogens is 2. The zero-order valence-electron chi connectivity index (χ0n) is 19.0. The van der Waals surface area contributed by atoms with Gasteiger partial charge in [-0.15, -0.1) is 36.2 Å². The maximum absolute atomic E-state index is 13.3. The molecule has 1 saturated heterocycles. The minimum Gasteiger partial charge on any atom is -0.480 e. The van der Waals surface area contributed by atoms with Gasteiger partial charge in [0.1, 0.15) is 22.6 Å². The van der Waals surface area contributed by atoms with Crippen LogP contribution in [0.5, 0.6) is 0 Å². The van der Waals surface area contributed by atoms with Crippen molar-refractivity contribution in [3.8, 4) is 0 Å². The van der Waals surface area contributed by atoms with Crippen LogP contribution in [0.25, 0.3) is 0 Å². The molecule has 1 aliphatic carbocycles. The number of aromatic nitrogens is 1. The Bertz CT molecular complexity index is 849. The standard InChI is InChI=1S/C21H32N6O4S.2ClH/c22-19(23)15-12-32-17(26-15)10-25-20(30)16-7-4-8-27(16)21(31)14(24-11-18(28)29)9-13-5-2-1-3-6-13;;/h12-14,16,24H,1-11H2,(H3,22,23)(H,25,30)(H,28,29);2*1H/t14-,16+;;/m1../s1. The van der Waals surface area contributed by atoms with Crippen LogP contribution in [-0.4, -0.2) is 63.8 Å². The second-order valence-electron chi connectivity index (χ2n) is 8.51. The minimum absolute atomic E-state index is 0. The van der Waals surface area contributed by atoms with E-state index < -0.39 is 18.1 Å². The van der Waals surface area contributed by atoms with Gasteiger partial charge in [0.15, 0.2) is 0 Å². The number of carboxylic acid groups (broad SMARTS) is 1. The van der Waals surface area contributed by atoms with Crippen LogP contribution in [0.1, 0.15) is 62.1 Å². The Kier molecular flexibility index (Phi) is 12.8. The number of hydrogen-bond donors (Lipinski definition) is 5. The number of nitrogens with two attached hydrogens (primary N) is 1. The molecule has 10 nitrogen and oxygen atoms in total. The van der Waals surface area contributed by atoms with Gasteiger partial charge in [0, 0.05) is 11.9 Å². The number of rotatable bonds is 10. The molecule has 0 spiro atoms. The summed E-state index contributed by atoms with van der Waals surface area (Å²) in [5.74, 6) is -1.17. The normalized spacial score (nSPS) is 18.9. The lowest BCUT2D eigenvalue weighted by Crippen LogP contribution is -2.53. The topological polar surface area (TPSA) is 162 Å². The minimum atomic E-state index is -1.00. The van der Waals surface area contributed by atoms with Crippen LogP contribution in [-0.2, 0) is 20.9 Å². The molecule has 1 aromatic heterocycles. The molecule has 13 heteroatoms. The molecule has 1 saturated carbocycles. The van der Waals surface area contributed by atoms with Crippen LogP contribution in [0.4, 0.5) is 0 Å². The Morgan fingerprint density at radius 1 is 1.21 bits per heavy atom. The van der Waals surface area contributed by atoms with Gasteiger partial charge in [-0.3, -0.25) is 25.1 Å². The summed E-state index contributed by atoms with van der Waals surface area (Å²) in [5.41, 5.74) is 5.81. The number of nitrogens with one attached hydrogen (secondary N) is 3. The van der Waals surface area contributed by atoms with E-state index in [2.05, 4.69) is 15.6 Å². The number of aliphatic carboxylic acids is 1. The number of amidine groups is 1. The van der Waals surface area contributed by atoms with Crippen LogP contribution in [0.3, 0.4) is 0 Å². The van der Waals surface area contributed by atoms with E-state index in [0.29, 0.717) is 36.0 Å². The molecule has 2 aliphatic rings. The summed E-state index contributed by atoms with van der Waals surface area (Å²) in [7, 11) is 0. The van der Waals surface area contributed by atoms with E-state index >= 15 is 0 Å². The van der Waals surface area contributed by atoms with Gasteiger partial charge in [-0.1, -0.05) is 32.1 Å². The first kappa shape index (κ1) is 30.1. The number of carbonyl (C=O) groups excluding carboxylic acids is 2. The highest BCUT2D eigenvalue weighted by Gasteiger charge is 2.38. The molecule has 6 N–H and O–H groups in total. The first-order chi connectivity index (χ1) is 15.3. The summed E-state index contributed by atoms with van der Waals surface area (Å²) in [4.78, 5) is 43.1. The Morgan fingerprint density at radius 3 is 2.53 bits per heavy atom. The fourth-order valence-electron chi connectivity index (χ4n) is 4.54. The largest absolute Gasteiger partial charge is 0.480 e. The molecule has 2 heterocycles. The third-order valence-electron chi connectivity index (χ3n) is 6.17. The van der Waals surface area contributed by atoms with Crippen molar-refractivity contribution in [2.24, 2.45) is 11.7 Å². The molecule has 192 valence electrons. The van der Waals surface area contributed by atoms with Gasteiger partial charge in [-0.05, 0) is 25.2 Å². The Morgan fingerprint density at radius 2 is 1.91 bits per heavy atom. The van der Waals surface area contributed by atoms with Crippen molar-refractivity contribution in [3.63, 3.8) is 0 Å². The van der Waals surface area contributed by atoms with Crippen LogP contribution in [0, 0.1) is 11.3 Å². The number of nitrogen functional groups attached to an aromatic ring is 1. The summed E-state index contributed by atoms with van der Waals surface area (Å²) in [6.07, 6.45) is 7.50. The lowest BCUT2D eigenvalue weighted by atomic mass is 9.84. The fraction of sp³-hybridized carbons (Fsp3) is 0.667. The average molecular weight is 538 g/mol. The Labute approximate surface area is 215 Å². The fourth-order valence-corrected chi connectivity index (χ4v) is 5.27. The molecule has 2 fully saturated rings. The second kappa shape index (κ2) is 14.4. The summed E-state index contributed by atoms with van der Waals surface area (Å²) < 4.78 is 0. The molecule has 0 aromatic carbocycles. The maximum atomic E-state index is 13.3. The van der Waals surface area contributed by atoms with Crippen molar-refractivity contribution in [2.75, 3.05) is 13.1 Å². The molecule has 1 aliphatic heterocycles. The second-order valence-corrected chi connectivity index (χ2v) is 9.46. The van der Waals surface area contributed by atoms with Gasteiger partial charge in [-0.2, -0.15) is 0 Å².